The Kier molecular flexibility index (Phi) is 10.3. The third-order valence-electron chi connectivity index (χ3n) is 10.6. The Morgan fingerprint density at radius 2 is 0.702 bits per heavy atom. The summed E-state index contributed by atoms with van der Waals surface area (Å²) in [5.74, 6) is 2.66. The van der Waals surface area contributed by atoms with Gasteiger partial charge in [-0.2, -0.15) is 0 Å². The van der Waals surface area contributed by atoms with Gasteiger partial charge in [-0.15, -0.1) is 0 Å². The third kappa shape index (κ3) is 6.63. The van der Waals surface area contributed by atoms with Crippen molar-refractivity contribution in [3.05, 3.63) is 134 Å². The first kappa shape index (κ1) is 35.2. The maximum Gasteiger partial charge on any atom is 0.163 e. The van der Waals surface area contributed by atoms with Crippen molar-refractivity contribution in [2.75, 3.05) is 0 Å². The van der Waals surface area contributed by atoms with Crippen LogP contribution < -0.4 is 15.6 Å². The van der Waals surface area contributed by atoms with E-state index in [1.54, 1.807) is 5.54 Å². The molecule has 0 nitrogen and oxygen atoms in total. The van der Waals surface area contributed by atoms with Crippen LogP contribution in [0.15, 0.2) is 84.4 Å². The first-order valence-corrected chi connectivity index (χ1v) is 20.3. The van der Waals surface area contributed by atoms with Crippen molar-refractivity contribution in [3.8, 4) is 0 Å². The molecule has 0 saturated heterocycles. The highest BCUT2D eigenvalue weighted by molar-refractivity contribution is 7.16. The van der Waals surface area contributed by atoms with Crippen molar-refractivity contribution in [1.29, 1.82) is 0 Å². The van der Waals surface area contributed by atoms with Crippen LogP contribution in [0.5, 0.6) is 0 Å². The maximum absolute atomic E-state index is 2.92. The molecule has 0 spiro atoms. The Hall–Kier alpha value is -3.16. The van der Waals surface area contributed by atoms with E-state index in [0.29, 0.717) is 35.5 Å². The molecule has 0 N–H and O–H groups in total. The van der Waals surface area contributed by atoms with Crippen LogP contribution in [0.25, 0.3) is 6.08 Å². The Labute approximate surface area is 288 Å². The zero-order valence-corrected chi connectivity index (χ0v) is 32.5. The van der Waals surface area contributed by atoms with E-state index in [4.69, 9.17) is 0 Å². The van der Waals surface area contributed by atoms with Gasteiger partial charge in [0.2, 0.25) is 0 Å². The van der Waals surface area contributed by atoms with Gasteiger partial charge < -0.3 is 0 Å². The zero-order chi connectivity index (χ0) is 34.4. The number of rotatable bonds is 10. The van der Waals surface area contributed by atoms with Gasteiger partial charge in [0, 0.05) is 5.54 Å². The number of hydrogen-bond acceptors (Lipinski definition) is 0. The minimum atomic E-state index is -2.92. The summed E-state index contributed by atoms with van der Waals surface area (Å²) in [6.07, 6.45) is 2.47. The van der Waals surface area contributed by atoms with Crippen molar-refractivity contribution in [3.63, 3.8) is 0 Å². The fourth-order valence-corrected chi connectivity index (χ4v) is 12.9. The van der Waals surface area contributed by atoms with Gasteiger partial charge in [-0.1, -0.05) is 174 Å². The van der Waals surface area contributed by atoms with Crippen molar-refractivity contribution < 1.29 is 0 Å². The van der Waals surface area contributed by atoms with E-state index < -0.39 is 8.07 Å². The van der Waals surface area contributed by atoms with E-state index in [1.807, 2.05) is 0 Å². The molecule has 47 heavy (non-hydrogen) atoms. The highest BCUT2D eigenvalue weighted by Gasteiger charge is 2.51. The monoisotopic (exact) mass is 639 g/mol. The van der Waals surface area contributed by atoms with Crippen molar-refractivity contribution >= 4 is 29.7 Å². The lowest BCUT2D eigenvalue weighted by molar-refractivity contribution is 0.834. The summed E-state index contributed by atoms with van der Waals surface area (Å²) in [4.78, 5) is 0. The first-order valence-electron chi connectivity index (χ1n) is 18.3. The molecule has 0 bridgehead atoms. The molecule has 0 aromatic heterocycles. The fourth-order valence-electron chi connectivity index (χ4n) is 7.48. The zero-order valence-electron chi connectivity index (χ0n) is 31.5. The molecule has 0 aliphatic heterocycles. The van der Waals surface area contributed by atoms with E-state index in [2.05, 4.69) is 175 Å². The van der Waals surface area contributed by atoms with Gasteiger partial charge in [-0.05, 0) is 102 Å². The Balaban J connectivity index is 2.10. The smallest absolute Gasteiger partial charge is 0.0628 e. The molecular weight excluding hydrogens is 581 g/mol. The van der Waals surface area contributed by atoms with Crippen LogP contribution in [0, 0.1) is 5.54 Å². The van der Waals surface area contributed by atoms with Crippen LogP contribution in [0.1, 0.15) is 170 Å². The number of fused-ring (bicyclic) bond motifs is 1. The van der Waals surface area contributed by atoms with Crippen LogP contribution in [0.4, 0.5) is 0 Å². The van der Waals surface area contributed by atoms with Crippen LogP contribution in [-0.2, 0) is 0 Å². The summed E-state index contributed by atoms with van der Waals surface area (Å²) in [7, 11) is -2.92. The van der Waals surface area contributed by atoms with Gasteiger partial charge in [0.15, 0.2) is 8.07 Å². The Morgan fingerprint density at radius 1 is 0.404 bits per heavy atom. The minimum Gasteiger partial charge on any atom is -0.0628 e. The molecule has 0 fully saturated rings. The SMILES string of the molecule is CC1=Cc2ccccc2[C]1[Si](c1cc(C(C)C)cc(C(C)C)c1)(c1cc(C(C)C)cc(C(C)C)c1)c1cc(C(C)C)cc(C(C)C)c1. The van der Waals surface area contributed by atoms with Crippen LogP contribution >= 0.6 is 0 Å². The van der Waals surface area contributed by atoms with E-state index >= 15 is 0 Å². The van der Waals surface area contributed by atoms with Crippen molar-refractivity contribution in [2.24, 2.45) is 0 Å². The predicted octanol–water partition coefficient (Wildman–Crippen LogP) is 11.5. The molecule has 1 aliphatic carbocycles. The van der Waals surface area contributed by atoms with E-state index in [1.165, 1.54) is 65.6 Å². The van der Waals surface area contributed by atoms with Gasteiger partial charge >= 0.3 is 0 Å². The van der Waals surface area contributed by atoms with Crippen LogP contribution in [0.2, 0.25) is 0 Å². The van der Waals surface area contributed by atoms with Crippen molar-refractivity contribution in [1.82, 2.24) is 0 Å². The number of allylic oxidation sites excluding steroid dienone is 1. The average molecular weight is 640 g/mol. The van der Waals surface area contributed by atoms with Gasteiger partial charge in [0.1, 0.15) is 0 Å². The number of hydrogen-bond donors (Lipinski definition) is 0. The van der Waals surface area contributed by atoms with E-state index in [0.717, 1.165) is 0 Å². The molecule has 247 valence electrons. The second-order valence-corrected chi connectivity index (χ2v) is 19.9. The lowest BCUT2D eigenvalue weighted by atomic mass is 9.95. The largest absolute Gasteiger partial charge is 0.163 e. The molecule has 0 atom stereocenters. The molecule has 0 heterocycles. The second kappa shape index (κ2) is 13.8. The Bertz CT molecular complexity index is 1530. The van der Waals surface area contributed by atoms with E-state index in [9.17, 15) is 0 Å². The Morgan fingerprint density at radius 3 is 1.00 bits per heavy atom. The first-order chi connectivity index (χ1) is 22.1. The van der Waals surface area contributed by atoms with Crippen molar-refractivity contribution in [2.45, 2.75) is 126 Å². The van der Waals surface area contributed by atoms with Gasteiger partial charge in [0.25, 0.3) is 0 Å². The lowest BCUT2D eigenvalue weighted by Gasteiger charge is -2.42. The summed E-state index contributed by atoms with van der Waals surface area (Å²) in [5.41, 5.74) is 14.4. The van der Waals surface area contributed by atoms with Gasteiger partial charge in [0.05, 0.1) is 0 Å². The molecule has 0 amide bonds. The minimum absolute atomic E-state index is 0.443. The highest BCUT2D eigenvalue weighted by atomic mass is 28.3. The van der Waals surface area contributed by atoms with E-state index in [-0.39, 0.29) is 0 Å². The summed E-state index contributed by atoms with van der Waals surface area (Å²) < 4.78 is 0. The standard InChI is InChI=1S/C46H59Si/c1-28(2)36-19-37(29(3)4)23-42(22-36)47(46-34(13)18-35-16-14-15-17-45(35)46,43-24-38(30(5)6)20-39(25-43)31(7)8)44-26-40(32(9)10)21-41(27-44)33(11)12/h14-33H,1-13H3. The third-order valence-corrected chi connectivity index (χ3v) is 15.5. The summed E-state index contributed by atoms with van der Waals surface area (Å²) in [6.45, 7) is 30.7. The molecular formula is C46H59Si. The van der Waals surface area contributed by atoms with Gasteiger partial charge in [-0.25, -0.2) is 0 Å². The predicted molar refractivity (Wildman–Crippen MR) is 211 cm³/mol. The average Bonchev–Trinajstić information content (AvgIpc) is 3.36. The van der Waals surface area contributed by atoms with Gasteiger partial charge in [-0.3, -0.25) is 0 Å². The molecule has 5 rings (SSSR count). The fraction of sp³-hybridized carbons (Fsp3) is 0.413. The molecule has 1 heteroatoms. The highest BCUT2D eigenvalue weighted by Crippen LogP contribution is 2.42. The number of benzene rings is 4. The molecule has 4 aromatic rings. The lowest BCUT2D eigenvalue weighted by Crippen LogP contribution is -2.71. The van der Waals surface area contributed by atoms with Crippen LogP contribution in [-0.4, -0.2) is 8.07 Å². The quantitative estimate of drug-likeness (QED) is 0.120. The molecule has 1 aliphatic rings. The second-order valence-electron chi connectivity index (χ2n) is 16.1. The summed E-state index contributed by atoms with van der Waals surface area (Å²) in [5, 5.41) is 4.58. The molecule has 1 radical (unpaired) electrons. The molecule has 0 unspecified atom stereocenters. The normalized spacial score (nSPS) is 14.0. The van der Waals surface area contributed by atoms with Crippen LogP contribution in [0.3, 0.4) is 0 Å². The maximum atomic E-state index is 2.62. The molecule has 4 aromatic carbocycles. The summed E-state index contributed by atoms with van der Waals surface area (Å²) >= 11 is 0. The topological polar surface area (TPSA) is 0 Å². The summed E-state index contributed by atoms with van der Waals surface area (Å²) in [6, 6.07) is 32.4. The molecule has 0 saturated carbocycles.